The summed E-state index contributed by atoms with van der Waals surface area (Å²) in [5, 5.41) is 5.67. The minimum atomic E-state index is -0.145. The number of aryl methyl sites for hydroxylation is 1. The molecular weight excluding hydrogens is 438 g/mol. The molecule has 3 aromatic rings. The van der Waals surface area contributed by atoms with E-state index in [0.717, 1.165) is 22.6 Å². The van der Waals surface area contributed by atoms with Crippen molar-refractivity contribution in [1.29, 1.82) is 0 Å². The summed E-state index contributed by atoms with van der Waals surface area (Å²) < 4.78 is 11.2. The zero-order valence-electron chi connectivity index (χ0n) is 18.7. The molecule has 2 aromatic carbocycles. The van der Waals surface area contributed by atoms with Crippen LogP contribution in [0.1, 0.15) is 18.1 Å². The van der Waals surface area contributed by atoms with E-state index in [0.29, 0.717) is 24.8 Å². The van der Waals surface area contributed by atoms with Crippen LogP contribution in [0.2, 0.25) is 0 Å². The van der Waals surface area contributed by atoms with Gasteiger partial charge in [-0.25, -0.2) is 4.98 Å². The largest absolute Gasteiger partial charge is 0.494 e. The predicted octanol–water partition coefficient (Wildman–Crippen LogP) is 4.57. The summed E-state index contributed by atoms with van der Waals surface area (Å²) in [5.74, 6) is 1.98. The van der Waals surface area contributed by atoms with Crippen molar-refractivity contribution < 1.29 is 19.1 Å². The van der Waals surface area contributed by atoms with E-state index < -0.39 is 0 Å². The number of nitrogens with one attached hydrogen (secondary N) is 2. The average Bonchev–Trinajstić information content (AvgIpc) is 2.81. The molecule has 172 valence electrons. The van der Waals surface area contributed by atoms with Crippen LogP contribution < -0.4 is 20.1 Å². The molecule has 3 rings (SSSR count). The smallest absolute Gasteiger partial charge is 0.234 e. The molecule has 0 unspecified atom stereocenters. The number of carbonyl (C=O) groups excluding carboxylic acids is 2. The number of pyridine rings is 1. The van der Waals surface area contributed by atoms with Crippen molar-refractivity contribution in [1.82, 2.24) is 10.3 Å². The number of hydrogen-bond donors (Lipinski definition) is 2. The first-order chi connectivity index (χ1) is 16.0. The molecule has 0 aliphatic carbocycles. The fourth-order valence-corrected chi connectivity index (χ4v) is 3.48. The van der Waals surface area contributed by atoms with Crippen LogP contribution in [0.3, 0.4) is 0 Å². The Hall–Kier alpha value is -3.52. The van der Waals surface area contributed by atoms with Gasteiger partial charge in [-0.2, -0.15) is 0 Å². The zero-order chi connectivity index (χ0) is 23.5. The molecular formula is C25H27N3O4S. The van der Waals surface area contributed by atoms with Gasteiger partial charge in [0.15, 0.2) is 0 Å². The quantitative estimate of drug-likeness (QED) is 0.431. The normalized spacial score (nSPS) is 10.4. The SMILES string of the molecule is CCOc1ccc(Oc2cc(CNC(=O)CSCC(=O)Nc3ccc(C)cc3)ccn2)cc1. The highest BCUT2D eigenvalue weighted by Crippen LogP contribution is 2.23. The summed E-state index contributed by atoms with van der Waals surface area (Å²) in [5.41, 5.74) is 2.74. The summed E-state index contributed by atoms with van der Waals surface area (Å²) in [6, 6.07) is 18.5. The highest BCUT2D eigenvalue weighted by atomic mass is 32.2. The van der Waals surface area contributed by atoms with Gasteiger partial charge in [-0.15, -0.1) is 11.8 Å². The molecule has 0 saturated heterocycles. The molecule has 33 heavy (non-hydrogen) atoms. The first kappa shape index (κ1) is 24.1. The maximum Gasteiger partial charge on any atom is 0.234 e. The second-order valence-electron chi connectivity index (χ2n) is 7.19. The van der Waals surface area contributed by atoms with Crippen molar-refractivity contribution in [3.8, 4) is 17.4 Å². The van der Waals surface area contributed by atoms with Crippen LogP contribution in [0.4, 0.5) is 5.69 Å². The number of nitrogens with zero attached hydrogens (tertiary/aromatic N) is 1. The van der Waals surface area contributed by atoms with E-state index in [1.165, 1.54) is 11.8 Å². The standard InChI is InChI=1S/C25H27N3O4S/c1-3-31-21-8-10-22(11-9-21)32-25-14-19(12-13-26-25)15-27-23(29)16-33-17-24(30)28-20-6-4-18(2)5-7-20/h4-14H,3,15-17H2,1-2H3,(H,27,29)(H,28,30). The first-order valence-electron chi connectivity index (χ1n) is 10.6. The summed E-state index contributed by atoms with van der Waals surface area (Å²) in [7, 11) is 0. The number of aromatic nitrogens is 1. The molecule has 0 bridgehead atoms. The van der Waals surface area contributed by atoms with Crippen molar-refractivity contribution in [2.45, 2.75) is 20.4 Å². The summed E-state index contributed by atoms with van der Waals surface area (Å²) in [6.07, 6.45) is 1.63. The number of rotatable bonds is 11. The molecule has 0 fully saturated rings. The number of ether oxygens (including phenoxy) is 2. The molecule has 1 aromatic heterocycles. The minimum absolute atomic E-state index is 0.137. The van der Waals surface area contributed by atoms with Crippen molar-refractivity contribution >= 4 is 29.3 Å². The lowest BCUT2D eigenvalue weighted by Gasteiger charge is -2.09. The second kappa shape index (κ2) is 12.5. The van der Waals surface area contributed by atoms with E-state index in [4.69, 9.17) is 9.47 Å². The molecule has 0 radical (unpaired) electrons. The molecule has 1 heterocycles. The van der Waals surface area contributed by atoms with Gasteiger partial charge in [0, 0.05) is 24.5 Å². The van der Waals surface area contributed by atoms with Gasteiger partial charge in [-0.05, 0) is 61.9 Å². The molecule has 2 N–H and O–H groups in total. The lowest BCUT2D eigenvalue weighted by molar-refractivity contribution is -0.118. The molecule has 2 amide bonds. The maximum absolute atomic E-state index is 12.1. The number of anilines is 1. The van der Waals surface area contributed by atoms with Crippen LogP contribution in [0.15, 0.2) is 66.9 Å². The Morgan fingerprint density at radius 1 is 0.939 bits per heavy atom. The van der Waals surface area contributed by atoms with E-state index in [9.17, 15) is 9.59 Å². The molecule has 0 saturated carbocycles. The maximum atomic E-state index is 12.1. The highest BCUT2D eigenvalue weighted by Gasteiger charge is 2.07. The monoisotopic (exact) mass is 465 g/mol. The molecule has 7 nitrogen and oxygen atoms in total. The number of hydrogen-bond acceptors (Lipinski definition) is 6. The highest BCUT2D eigenvalue weighted by molar-refractivity contribution is 8.00. The van der Waals surface area contributed by atoms with Gasteiger partial charge >= 0.3 is 0 Å². The third-order valence-corrected chi connectivity index (χ3v) is 5.38. The Morgan fingerprint density at radius 3 is 2.36 bits per heavy atom. The van der Waals surface area contributed by atoms with Gasteiger partial charge in [-0.3, -0.25) is 9.59 Å². The minimum Gasteiger partial charge on any atom is -0.494 e. The van der Waals surface area contributed by atoms with Gasteiger partial charge in [-0.1, -0.05) is 17.7 Å². The van der Waals surface area contributed by atoms with Gasteiger partial charge < -0.3 is 20.1 Å². The van der Waals surface area contributed by atoms with E-state index >= 15 is 0 Å². The van der Waals surface area contributed by atoms with Crippen molar-refractivity contribution in [2.75, 3.05) is 23.4 Å². The van der Waals surface area contributed by atoms with Crippen molar-refractivity contribution in [2.24, 2.45) is 0 Å². The van der Waals surface area contributed by atoms with Gasteiger partial charge in [0.1, 0.15) is 11.5 Å². The lowest BCUT2D eigenvalue weighted by atomic mass is 10.2. The van der Waals surface area contributed by atoms with Crippen LogP contribution in [0.5, 0.6) is 17.4 Å². The Labute approximate surface area is 197 Å². The number of carbonyl (C=O) groups is 2. The van der Waals surface area contributed by atoms with Crippen molar-refractivity contribution in [3.05, 3.63) is 78.0 Å². The number of amides is 2. The van der Waals surface area contributed by atoms with Crippen LogP contribution in [-0.4, -0.2) is 34.9 Å². The topological polar surface area (TPSA) is 89.5 Å². The predicted molar refractivity (Wildman–Crippen MR) is 131 cm³/mol. The fraction of sp³-hybridized carbons (Fsp3) is 0.240. The van der Waals surface area contributed by atoms with Crippen molar-refractivity contribution in [3.63, 3.8) is 0 Å². The summed E-state index contributed by atoms with van der Waals surface area (Å²) in [4.78, 5) is 28.4. The average molecular weight is 466 g/mol. The third kappa shape index (κ3) is 8.50. The molecule has 0 aliphatic heterocycles. The van der Waals surface area contributed by atoms with Crippen LogP contribution in [-0.2, 0) is 16.1 Å². The number of benzene rings is 2. The van der Waals surface area contributed by atoms with Crippen LogP contribution in [0.25, 0.3) is 0 Å². The molecule has 0 aliphatic rings. The van der Waals surface area contributed by atoms with Gasteiger partial charge in [0.2, 0.25) is 17.7 Å². The Balaban J connectivity index is 1.39. The van der Waals surface area contributed by atoms with Gasteiger partial charge in [0.25, 0.3) is 0 Å². The van der Waals surface area contributed by atoms with Crippen LogP contribution >= 0.6 is 11.8 Å². The second-order valence-corrected chi connectivity index (χ2v) is 8.18. The molecule has 0 spiro atoms. The third-order valence-electron chi connectivity index (χ3n) is 4.45. The van der Waals surface area contributed by atoms with E-state index in [-0.39, 0.29) is 23.3 Å². The van der Waals surface area contributed by atoms with E-state index in [1.807, 2.05) is 68.4 Å². The Kier molecular flexibility index (Phi) is 9.14. The van der Waals surface area contributed by atoms with Crippen LogP contribution in [0, 0.1) is 6.92 Å². The van der Waals surface area contributed by atoms with Gasteiger partial charge in [0.05, 0.1) is 18.1 Å². The fourth-order valence-electron chi connectivity index (χ4n) is 2.83. The lowest BCUT2D eigenvalue weighted by Crippen LogP contribution is -2.25. The first-order valence-corrected chi connectivity index (χ1v) is 11.7. The molecule has 8 heteroatoms. The Morgan fingerprint density at radius 2 is 1.64 bits per heavy atom. The van der Waals surface area contributed by atoms with E-state index in [2.05, 4.69) is 15.6 Å². The Bertz CT molecular complexity index is 1060. The zero-order valence-corrected chi connectivity index (χ0v) is 19.5. The van der Waals surface area contributed by atoms with E-state index in [1.54, 1.807) is 12.3 Å². The summed E-state index contributed by atoms with van der Waals surface area (Å²) >= 11 is 1.27. The molecule has 0 atom stereocenters. The number of thioether (sulfide) groups is 1. The summed E-state index contributed by atoms with van der Waals surface area (Å²) in [6.45, 7) is 4.87.